The first-order valence-electron chi connectivity index (χ1n) is 3.79. The topological polar surface area (TPSA) is 38.3 Å². The van der Waals surface area contributed by atoms with Crippen LogP contribution in [0.3, 0.4) is 0 Å². The van der Waals surface area contributed by atoms with Crippen LogP contribution in [-0.2, 0) is 9.53 Å². The third kappa shape index (κ3) is 2.12. The number of rotatable bonds is 3. The molecule has 0 unspecified atom stereocenters. The first kappa shape index (κ1) is 9.35. The quantitative estimate of drug-likeness (QED) is 0.393. The number of hydrogen-bond acceptors (Lipinski definition) is 4. The third-order valence-electron chi connectivity index (χ3n) is 1.62. The summed E-state index contributed by atoms with van der Waals surface area (Å²) in [6.07, 6.45) is 2.32. The van der Waals surface area contributed by atoms with E-state index in [9.17, 15) is 4.79 Å². The predicted molar refractivity (Wildman–Crippen MR) is 50.2 cm³/mol. The smallest absolute Gasteiger partial charge is 0.328 e. The van der Waals surface area contributed by atoms with E-state index in [1.54, 1.807) is 0 Å². The van der Waals surface area contributed by atoms with Gasteiger partial charge in [0.1, 0.15) is 12.6 Å². The maximum absolute atomic E-state index is 11.2. The van der Waals surface area contributed by atoms with Crippen molar-refractivity contribution >= 4 is 23.1 Å². The van der Waals surface area contributed by atoms with Crippen LogP contribution in [0.15, 0.2) is 12.7 Å². The number of hydrogen-bond donors (Lipinski definition) is 1. The van der Waals surface area contributed by atoms with Crippen LogP contribution in [0, 0.1) is 0 Å². The minimum atomic E-state index is -0.375. The van der Waals surface area contributed by atoms with Crippen molar-refractivity contribution in [3.8, 4) is 0 Å². The molecule has 1 saturated heterocycles. The molecular weight excluding hydrogens is 174 g/mol. The van der Waals surface area contributed by atoms with Crippen molar-refractivity contribution in [3.05, 3.63) is 12.7 Å². The van der Waals surface area contributed by atoms with Crippen LogP contribution in [-0.4, -0.2) is 30.0 Å². The zero-order valence-electron chi connectivity index (χ0n) is 6.71. The highest BCUT2D eigenvalue weighted by molar-refractivity contribution is 7.80. The Hall–Kier alpha value is -0.740. The molecule has 12 heavy (non-hydrogen) atoms. The van der Waals surface area contributed by atoms with Crippen molar-refractivity contribution in [2.24, 2.45) is 0 Å². The van der Waals surface area contributed by atoms with Gasteiger partial charge in [-0.3, -0.25) is 5.32 Å². The van der Waals surface area contributed by atoms with Crippen molar-refractivity contribution in [3.63, 3.8) is 0 Å². The zero-order valence-corrected chi connectivity index (χ0v) is 7.52. The standard InChI is InChI=1S/C8H11NO2S/c1-2-5-11-8(10)7-6(12)3-4-9-7/h2,7,9H,1,3-5H2/t7-/m0/s1. The van der Waals surface area contributed by atoms with E-state index >= 15 is 0 Å². The molecule has 0 spiro atoms. The van der Waals surface area contributed by atoms with Crippen LogP contribution in [0.2, 0.25) is 0 Å². The lowest BCUT2D eigenvalue weighted by Crippen LogP contribution is -2.36. The molecule has 3 nitrogen and oxygen atoms in total. The lowest BCUT2D eigenvalue weighted by atomic mass is 10.2. The van der Waals surface area contributed by atoms with Crippen LogP contribution in [0.25, 0.3) is 0 Å². The van der Waals surface area contributed by atoms with Gasteiger partial charge in [-0.25, -0.2) is 4.79 Å². The predicted octanol–water partition coefficient (Wildman–Crippen LogP) is 0.447. The fourth-order valence-electron chi connectivity index (χ4n) is 1.04. The molecule has 0 aromatic carbocycles. The summed E-state index contributed by atoms with van der Waals surface area (Å²) in [7, 11) is 0. The number of ether oxygens (including phenoxy) is 1. The average molecular weight is 185 g/mol. The Labute approximate surface area is 76.8 Å². The van der Waals surface area contributed by atoms with Gasteiger partial charge in [-0.15, -0.1) is 0 Å². The number of thiocarbonyl (C=S) groups is 1. The van der Waals surface area contributed by atoms with Gasteiger partial charge >= 0.3 is 5.97 Å². The largest absolute Gasteiger partial charge is 0.460 e. The Morgan fingerprint density at radius 2 is 2.67 bits per heavy atom. The van der Waals surface area contributed by atoms with Gasteiger partial charge in [0.15, 0.2) is 0 Å². The second-order valence-corrected chi connectivity index (χ2v) is 3.05. The molecule has 0 aliphatic carbocycles. The highest BCUT2D eigenvalue weighted by Crippen LogP contribution is 2.04. The third-order valence-corrected chi connectivity index (χ3v) is 2.06. The molecule has 0 radical (unpaired) electrons. The van der Waals surface area contributed by atoms with Gasteiger partial charge in [-0.2, -0.15) is 0 Å². The number of esters is 1. The van der Waals surface area contributed by atoms with Gasteiger partial charge < -0.3 is 4.74 Å². The molecule has 0 bridgehead atoms. The molecule has 1 rings (SSSR count). The summed E-state index contributed by atoms with van der Waals surface area (Å²) in [5.41, 5.74) is 0. The number of carbonyl (C=O) groups is 1. The Kier molecular flexibility index (Phi) is 3.37. The van der Waals surface area contributed by atoms with E-state index in [2.05, 4.69) is 11.9 Å². The van der Waals surface area contributed by atoms with Gasteiger partial charge in [0.05, 0.1) is 0 Å². The monoisotopic (exact) mass is 185 g/mol. The summed E-state index contributed by atoms with van der Waals surface area (Å²) in [5.74, 6) is -0.294. The van der Waals surface area contributed by atoms with E-state index in [0.29, 0.717) is 0 Å². The molecule has 1 heterocycles. The molecule has 1 aliphatic rings. The van der Waals surface area contributed by atoms with E-state index in [1.807, 2.05) is 0 Å². The molecule has 1 aliphatic heterocycles. The fraction of sp³-hybridized carbons (Fsp3) is 0.500. The Morgan fingerprint density at radius 3 is 3.17 bits per heavy atom. The molecule has 0 aromatic rings. The van der Waals surface area contributed by atoms with Crippen LogP contribution in [0.5, 0.6) is 0 Å². The summed E-state index contributed by atoms with van der Waals surface area (Å²) in [6, 6.07) is -0.375. The summed E-state index contributed by atoms with van der Waals surface area (Å²) in [6.45, 7) is 4.47. The molecular formula is C8H11NO2S. The molecule has 1 fully saturated rings. The maximum Gasteiger partial charge on any atom is 0.328 e. The van der Waals surface area contributed by atoms with E-state index in [1.165, 1.54) is 6.08 Å². The van der Waals surface area contributed by atoms with E-state index in [0.717, 1.165) is 17.8 Å². The first-order valence-corrected chi connectivity index (χ1v) is 4.20. The minimum Gasteiger partial charge on any atom is -0.460 e. The van der Waals surface area contributed by atoms with Crippen LogP contribution < -0.4 is 5.32 Å². The lowest BCUT2D eigenvalue weighted by Gasteiger charge is -2.08. The normalized spacial score (nSPS) is 22.3. The lowest BCUT2D eigenvalue weighted by molar-refractivity contribution is -0.142. The minimum absolute atomic E-state index is 0.250. The van der Waals surface area contributed by atoms with Gasteiger partial charge in [-0.1, -0.05) is 24.9 Å². The van der Waals surface area contributed by atoms with Crippen molar-refractivity contribution in [2.45, 2.75) is 12.5 Å². The summed E-state index contributed by atoms with van der Waals surface area (Å²) in [5, 5.41) is 2.96. The second-order valence-electron chi connectivity index (χ2n) is 2.52. The average Bonchev–Trinajstić information content (AvgIpc) is 2.47. The SMILES string of the molecule is C=CCOC(=O)[C@H]1NCCC1=S. The zero-order chi connectivity index (χ0) is 8.97. The van der Waals surface area contributed by atoms with Crippen molar-refractivity contribution in [1.29, 1.82) is 0 Å². The highest BCUT2D eigenvalue weighted by atomic mass is 32.1. The number of carbonyl (C=O) groups excluding carboxylic acids is 1. The van der Waals surface area contributed by atoms with Crippen molar-refractivity contribution < 1.29 is 9.53 Å². The second kappa shape index (κ2) is 4.33. The Bertz CT molecular complexity index is 215. The van der Waals surface area contributed by atoms with E-state index < -0.39 is 0 Å². The van der Waals surface area contributed by atoms with Crippen LogP contribution >= 0.6 is 12.2 Å². The molecule has 1 N–H and O–H groups in total. The van der Waals surface area contributed by atoms with Gasteiger partial charge in [-0.05, 0) is 6.42 Å². The van der Waals surface area contributed by atoms with E-state index in [4.69, 9.17) is 17.0 Å². The highest BCUT2D eigenvalue weighted by Gasteiger charge is 2.28. The molecule has 4 heteroatoms. The molecule has 0 amide bonds. The maximum atomic E-state index is 11.2. The Morgan fingerprint density at radius 1 is 1.92 bits per heavy atom. The molecule has 66 valence electrons. The van der Waals surface area contributed by atoms with Crippen LogP contribution in [0.4, 0.5) is 0 Å². The molecule has 1 atom stereocenters. The summed E-state index contributed by atoms with van der Waals surface area (Å²) in [4.78, 5) is 11.9. The van der Waals surface area contributed by atoms with E-state index in [-0.39, 0.29) is 18.6 Å². The summed E-state index contributed by atoms with van der Waals surface area (Å²) >= 11 is 4.98. The van der Waals surface area contributed by atoms with Crippen molar-refractivity contribution in [2.75, 3.05) is 13.2 Å². The van der Waals surface area contributed by atoms with Gasteiger partial charge in [0.2, 0.25) is 0 Å². The van der Waals surface area contributed by atoms with Crippen LogP contribution in [0.1, 0.15) is 6.42 Å². The van der Waals surface area contributed by atoms with Crippen molar-refractivity contribution in [1.82, 2.24) is 5.32 Å². The first-order chi connectivity index (χ1) is 5.75. The molecule has 0 aromatic heterocycles. The summed E-state index contributed by atoms with van der Waals surface area (Å²) < 4.78 is 4.84. The van der Waals surface area contributed by atoms with Gasteiger partial charge in [0, 0.05) is 11.4 Å². The molecule has 0 saturated carbocycles. The Balaban J connectivity index is 2.40. The number of nitrogens with one attached hydrogen (secondary N) is 1. The fourth-order valence-corrected chi connectivity index (χ4v) is 1.32. The van der Waals surface area contributed by atoms with Gasteiger partial charge in [0.25, 0.3) is 0 Å².